The van der Waals surface area contributed by atoms with Crippen molar-refractivity contribution in [1.82, 2.24) is 10.3 Å². The van der Waals surface area contributed by atoms with Gasteiger partial charge in [0.15, 0.2) is 18.1 Å². The van der Waals surface area contributed by atoms with E-state index in [1.807, 2.05) is 37.5 Å². The second-order valence-electron chi connectivity index (χ2n) is 6.74. The van der Waals surface area contributed by atoms with Crippen LogP contribution in [0.2, 0.25) is 0 Å². The molecule has 0 saturated carbocycles. The van der Waals surface area contributed by atoms with E-state index in [0.717, 1.165) is 22.4 Å². The van der Waals surface area contributed by atoms with Crippen molar-refractivity contribution >= 4 is 16.8 Å². The van der Waals surface area contributed by atoms with E-state index in [9.17, 15) is 9.18 Å². The summed E-state index contributed by atoms with van der Waals surface area (Å²) >= 11 is 0. The summed E-state index contributed by atoms with van der Waals surface area (Å²) in [6.45, 7) is 1.49. The van der Waals surface area contributed by atoms with Gasteiger partial charge in [-0.05, 0) is 36.2 Å². The molecule has 3 aromatic rings. The zero-order valence-electron chi connectivity index (χ0n) is 15.6. The van der Waals surface area contributed by atoms with Crippen molar-refractivity contribution in [1.29, 1.82) is 0 Å². The topological polar surface area (TPSA) is 58.6 Å². The molecule has 1 amide bonds. The van der Waals surface area contributed by atoms with Gasteiger partial charge >= 0.3 is 0 Å². The van der Waals surface area contributed by atoms with Gasteiger partial charge in [0.1, 0.15) is 6.54 Å². The summed E-state index contributed by atoms with van der Waals surface area (Å²) in [7, 11) is 3.36. The minimum Gasteiger partial charge on any atom is -0.494 e. The van der Waals surface area contributed by atoms with E-state index in [2.05, 4.69) is 16.4 Å². The molecule has 0 aliphatic carbocycles. The van der Waals surface area contributed by atoms with Gasteiger partial charge in [0.2, 0.25) is 0 Å². The van der Waals surface area contributed by atoms with Crippen molar-refractivity contribution in [3.8, 4) is 5.75 Å². The van der Waals surface area contributed by atoms with Gasteiger partial charge in [-0.25, -0.2) is 4.39 Å². The number of quaternary nitrogens is 1. The molecule has 2 aromatic carbocycles. The van der Waals surface area contributed by atoms with Crippen molar-refractivity contribution < 1.29 is 18.8 Å². The van der Waals surface area contributed by atoms with Gasteiger partial charge in [-0.2, -0.15) is 0 Å². The number of H-pyrrole nitrogens is 1. The quantitative estimate of drug-likeness (QED) is 0.565. The number of para-hydroxylation sites is 1. The van der Waals surface area contributed by atoms with Gasteiger partial charge in [0.25, 0.3) is 5.91 Å². The van der Waals surface area contributed by atoms with Crippen LogP contribution in [-0.4, -0.2) is 38.1 Å². The van der Waals surface area contributed by atoms with Crippen molar-refractivity contribution in [2.75, 3.05) is 27.2 Å². The number of aromatic nitrogens is 1. The molecule has 0 fully saturated rings. The number of halogens is 1. The van der Waals surface area contributed by atoms with Crippen molar-refractivity contribution in [3.63, 3.8) is 0 Å². The molecule has 1 aromatic heterocycles. The third kappa shape index (κ3) is 4.86. The lowest BCUT2D eigenvalue weighted by Crippen LogP contribution is -3.08. The average molecular weight is 370 g/mol. The van der Waals surface area contributed by atoms with Gasteiger partial charge in [0, 0.05) is 29.2 Å². The lowest BCUT2D eigenvalue weighted by Gasteiger charge is -2.14. The Morgan fingerprint density at radius 1 is 1.26 bits per heavy atom. The molecule has 0 aliphatic heterocycles. The highest BCUT2D eigenvalue weighted by molar-refractivity contribution is 5.83. The molecule has 142 valence electrons. The van der Waals surface area contributed by atoms with Gasteiger partial charge in [-0.3, -0.25) is 4.79 Å². The Morgan fingerprint density at radius 2 is 2.07 bits per heavy atom. The molecule has 0 aliphatic rings. The van der Waals surface area contributed by atoms with Crippen LogP contribution in [0.5, 0.6) is 5.75 Å². The molecule has 6 heteroatoms. The summed E-state index contributed by atoms with van der Waals surface area (Å²) in [6.07, 6.45) is 2.77. The summed E-state index contributed by atoms with van der Waals surface area (Å²) in [5.41, 5.74) is 3.13. The Balaban J connectivity index is 1.45. The van der Waals surface area contributed by atoms with Crippen LogP contribution in [0.25, 0.3) is 10.9 Å². The minimum atomic E-state index is -0.383. The molecule has 0 spiro atoms. The number of hydrogen-bond donors (Lipinski definition) is 3. The number of rotatable bonds is 8. The van der Waals surface area contributed by atoms with E-state index in [1.54, 1.807) is 6.07 Å². The predicted molar refractivity (Wildman–Crippen MR) is 103 cm³/mol. The summed E-state index contributed by atoms with van der Waals surface area (Å²) in [4.78, 5) is 16.4. The molecule has 1 heterocycles. The number of nitrogens with one attached hydrogen (secondary N) is 3. The Labute approximate surface area is 158 Å². The van der Waals surface area contributed by atoms with Crippen LogP contribution in [0.1, 0.15) is 11.1 Å². The molecule has 5 nitrogen and oxygen atoms in total. The molecule has 1 atom stereocenters. The zero-order valence-corrected chi connectivity index (χ0v) is 15.6. The summed E-state index contributed by atoms with van der Waals surface area (Å²) in [5, 5.41) is 4.15. The molecule has 3 N–H and O–H groups in total. The van der Waals surface area contributed by atoms with Gasteiger partial charge < -0.3 is 19.9 Å². The highest BCUT2D eigenvalue weighted by atomic mass is 19.1. The van der Waals surface area contributed by atoms with E-state index >= 15 is 0 Å². The van der Waals surface area contributed by atoms with Crippen LogP contribution in [0.3, 0.4) is 0 Å². The SMILES string of the molecule is COc1ccc(C[NH+](C)CC(=O)NCCc2c[nH]c3ccccc23)cc1F. The number of ether oxygens (including phenoxy) is 1. The summed E-state index contributed by atoms with van der Waals surface area (Å²) < 4.78 is 18.7. The Kier molecular flexibility index (Phi) is 6.08. The third-order valence-electron chi connectivity index (χ3n) is 4.58. The van der Waals surface area contributed by atoms with E-state index in [4.69, 9.17) is 4.74 Å². The maximum Gasteiger partial charge on any atom is 0.275 e. The van der Waals surface area contributed by atoms with Crippen LogP contribution >= 0.6 is 0 Å². The number of amides is 1. The largest absolute Gasteiger partial charge is 0.494 e. The molecule has 3 rings (SSSR count). The Hall–Kier alpha value is -2.86. The van der Waals surface area contributed by atoms with E-state index in [1.165, 1.54) is 24.1 Å². The van der Waals surface area contributed by atoms with Crippen LogP contribution in [0, 0.1) is 5.82 Å². The number of hydrogen-bond acceptors (Lipinski definition) is 2. The highest BCUT2D eigenvalue weighted by Gasteiger charge is 2.12. The predicted octanol–water partition coefficient (Wildman–Crippen LogP) is 1.69. The number of likely N-dealkylation sites (N-methyl/N-ethyl adjacent to an activating group) is 1. The van der Waals surface area contributed by atoms with Crippen LogP contribution in [-0.2, 0) is 17.8 Å². The fourth-order valence-electron chi connectivity index (χ4n) is 3.24. The smallest absolute Gasteiger partial charge is 0.275 e. The lowest BCUT2D eigenvalue weighted by molar-refractivity contribution is -0.885. The van der Waals surface area contributed by atoms with Crippen LogP contribution in [0.15, 0.2) is 48.7 Å². The Bertz CT molecular complexity index is 923. The van der Waals surface area contributed by atoms with Crippen molar-refractivity contribution in [3.05, 3.63) is 65.6 Å². The molecule has 1 unspecified atom stereocenters. The normalized spacial score (nSPS) is 12.1. The molecule has 27 heavy (non-hydrogen) atoms. The molecular weight excluding hydrogens is 345 g/mol. The van der Waals surface area contributed by atoms with Crippen LogP contribution in [0.4, 0.5) is 4.39 Å². The van der Waals surface area contributed by atoms with Gasteiger partial charge in [-0.15, -0.1) is 0 Å². The number of benzene rings is 2. The first-order valence-electron chi connectivity index (χ1n) is 9.02. The third-order valence-corrected chi connectivity index (χ3v) is 4.58. The second kappa shape index (κ2) is 8.68. The molecule has 0 radical (unpaired) electrons. The number of fused-ring (bicyclic) bond motifs is 1. The molecular formula is C21H25FN3O2+. The maximum absolute atomic E-state index is 13.8. The minimum absolute atomic E-state index is 0.0127. The summed E-state index contributed by atoms with van der Waals surface area (Å²) in [6, 6.07) is 13.0. The monoisotopic (exact) mass is 370 g/mol. The molecule has 0 bridgehead atoms. The number of aromatic amines is 1. The number of carbonyl (C=O) groups is 1. The fraction of sp³-hybridized carbons (Fsp3) is 0.286. The average Bonchev–Trinajstić information content (AvgIpc) is 3.05. The van der Waals surface area contributed by atoms with Gasteiger partial charge in [0.05, 0.1) is 14.2 Å². The highest BCUT2D eigenvalue weighted by Crippen LogP contribution is 2.18. The van der Waals surface area contributed by atoms with E-state index < -0.39 is 0 Å². The second-order valence-corrected chi connectivity index (χ2v) is 6.74. The van der Waals surface area contributed by atoms with Crippen molar-refractivity contribution in [2.24, 2.45) is 0 Å². The number of methoxy groups -OCH3 is 1. The number of carbonyl (C=O) groups excluding carboxylic acids is 1. The summed E-state index contributed by atoms with van der Waals surface area (Å²) in [5.74, 6) is -0.168. The maximum atomic E-state index is 13.8. The first-order chi connectivity index (χ1) is 13.1. The standard InChI is InChI=1S/C21H24FN3O2/c1-25(13-15-7-8-20(27-2)18(22)11-15)14-21(26)23-10-9-16-12-24-19-6-4-3-5-17(16)19/h3-8,11-12,24H,9-10,13-14H2,1-2H3,(H,23,26)/p+1. The van der Waals surface area contributed by atoms with E-state index in [0.29, 0.717) is 19.6 Å². The lowest BCUT2D eigenvalue weighted by atomic mass is 10.1. The van der Waals surface area contributed by atoms with Gasteiger partial charge in [-0.1, -0.05) is 18.2 Å². The first kappa shape index (κ1) is 18.9. The fourth-order valence-corrected chi connectivity index (χ4v) is 3.24. The Morgan fingerprint density at radius 3 is 2.85 bits per heavy atom. The van der Waals surface area contributed by atoms with E-state index in [-0.39, 0.29) is 17.5 Å². The first-order valence-corrected chi connectivity index (χ1v) is 9.02. The molecule has 0 saturated heterocycles. The van der Waals surface area contributed by atoms with Crippen LogP contribution < -0.4 is 15.0 Å². The zero-order chi connectivity index (χ0) is 19.2. The van der Waals surface area contributed by atoms with Crippen molar-refractivity contribution in [2.45, 2.75) is 13.0 Å².